The molecule has 1 fully saturated rings. The van der Waals surface area contributed by atoms with Crippen molar-refractivity contribution in [1.82, 2.24) is 4.90 Å². The maximum atomic E-state index is 11.6. The van der Waals surface area contributed by atoms with Gasteiger partial charge >= 0.3 is 6.09 Å². The average Bonchev–Trinajstić information content (AvgIpc) is 2.74. The van der Waals surface area contributed by atoms with Crippen LogP contribution in [0.3, 0.4) is 0 Å². The molecule has 1 aliphatic rings. The van der Waals surface area contributed by atoms with Gasteiger partial charge in [-0.25, -0.2) is 4.79 Å². The molecule has 1 saturated heterocycles. The van der Waals surface area contributed by atoms with E-state index >= 15 is 0 Å². The molecule has 122 valence electrons. The molecule has 0 aromatic rings. The Balaban J connectivity index is 2.17. The van der Waals surface area contributed by atoms with Crippen LogP contribution in [0.1, 0.15) is 52.4 Å². The lowest BCUT2D eigenvalue weighted by Gasteiger charge is -2.20. The molecule has 0 aromatic heterocycles. The number of carbonyl (C=O) groups is 1. The van der Waals surface area contributed by atoms with E-state index in [4.69, 9.17) is 4.74 Å². The average molecular weight is 302 g/mol. The Morgan fingerprint density at radius 3 is 2.76 bits per heavy atom. The van der Waals surface area contributed by atoms with Crippen LogP contribution in [0, 0.1) is 16.0 Å². The molecule has 0 bridgehead atoms. The van der Waals surface area contributed by atoms with Gasteiger partial charge in [-0.2, -0.15) is 0 Å². The van der Waals surface area contributed by atoms with Gasteiger partial charge in [-0.05, 0) is 18.8 Å². The lowest BCUT2D eigenvalue weighted by atomic mass is 10.0. The molecule has 0 radical (unpaired) electrons. The van der Waals surface area contributed by atoms with Crippen molar-refractivity contribution in [3.63, 3.8) is 0 Å². The minimum Gasteiger partial charge on any atom is -0.447 e. The summed E-state index contributed by atoms with van der Waals surface area (Å²) in [6.07, 6.45) is 5.79. The fourth-order valence-corrected chi connectivity index (χ4v) is 2.45. The Kier molecular flexibility index (Phi) is 7.85. The number of carbonyl (C=O) groups excluding carboxylic acids is 1. The van der Waals surface area contributed by atoms with E-state index in [1.165, 1.54) is 19.3 Å². The van der Waals surface area contributed by atoms with Crippen LogP contribution >= 0.6 is 0 Å². The van der Waals surface area contributed by atoms with Crippen molar-refractivity contribution in [3.8, 4) is 0 Å². The number of rotatable bonds is 11. The molecular weight excluding hydrogens is 276 g/mol. The normalized spacial score (nSPS) is 18.1. The molecule has 1 unspecified atom stereocenters. The first-order valence-corrected chi connectivity index (χ1v) is 7.71. The van der Waals surface area contributed by atoms with Crippen LogP contribution in [-0.4, -0.2) is 41.9 Å². The van der Waals surface area contributed by atoms with Crippen molar-refractivity contribution in [2.24, 2.45) is 5.92 Å². The summed E-state index contributed by atoms with van der Waals surface area (Å²) in [5.41, 5.74) is 0. The summed E-state index contributed by atoms with van der Waals surface area (Å²) in [6.45, 7) is 5.39. The number of cyclic esters (lactones) is 1. The van der Waals surface area contributed by atoms with Crippen LogP contribution < -0.4 is 0 Å². The van der Waals surface area contributed by atoms with Crippen LogP contribution in [0.2, 0.25) is 0 Å². The zero-order valence-corrected chi connectivity index (χ0v) is 13.0. The summed E-state index contributed by atoms with van der Waals surface area (Å²) in [4.78, 5) is 27.7. The molecule has 0 aliphatic carbocycles. The van der Waals surface area contributed by atoms with E-state index in [1.54, 1.807) is 4.90 Å². The molecule has 1 aliphatic heterocycles. The predicted molar refractivity (Wildman–Crippen MR) is 77.3 cm³/mol. The highest BCUT2D eigenvalue weighted by Gasteiger charge is 2.32. The van der Waals surface area contributed by atoms with Crippen LogP contribution in [0.5, 0.6) is 0 Å². The molecule has 7 heteroatoms. The van der Waals surface area contributed by atoms with Gasteiger partial charge in [0.2, 0.25) is 0 Å². The van der Waals surface area contributed by atoms with Gasteiger partial charge in [0.1, 0.15) is 6.61 Å². The van der Waals surface area contributed by atoms with E-state index in [1.807, 2.05) is 0 Å². The second kappa shape index (κ2) is 9.41. The van der Waals surface area contributed by atoms with E-state index in [2.05, 4.69) is 18.7 Å². The summed E-state index contributed by atoms with van der Waals surface area (Å²) in [5, 5.41) is 9.30. The number of ether oxygens (including phenoxy) is 1. The smallest absolute Gasteiger partial charge is 0.410 e. The third-order valence-electron chi connectivity index (χ3n) is 3.65. The molecule has 1 atom stereocenters. The molecule has 0 saturated carbocycles. The summed E-state index contributed by atoms with van der Waals surface area (Å²) in [6, 6.07) is -0.104. The van der Waals surface area contributed by atoms with Crippen molar-refractivity contribution < 1.29 is 19.5 Å². The minimum atomic E-state index is -0.809. The highest BCUT2D eigenvalue weighted by molar-refractivity contribution is 5.70. The molecule has 21 heavy (non-hydrogen) atoms. The van der Waals surface area contributed by atoms with E-state index in [0.29, 0.717) is 19.6 Å². The first-order valence-electron chi connectivity index (χ1n) is 7.71. The first-order chi connectivity index (χ1) is 10.0. The van der Waals surface area contributed by atoms with Gasteiger partial charge < -0.3 is 14.5 Å². The maximum absolute atomic E-state index is 11.6. The topological polar surface area (TPSA) is 81.9 Å². The quantitative estimate of drug-likeness (QED) is 0.333. The number of nitrogens with zero attached hydrogens (tertiary/aromatic N) is 2. The highest BCUT2D eigenvalue weighted by Crippen LogP contribution is 2.17. The van der Waals surface area contributed by atoms with Crippen molar-refractivity contribution >= 4 is 6.09 Å². The van der Waals surface area contributed by atoms with Gasteiger partial charge in [-0.15, -0.1) is 10.1 Å². The lowest BCUT2D eigenvalue weighted by Crippen LogP contribution is -2.35. The van der Waals surface area contributed by atoms with Crippen LogP contribution in [0.25, 0.3) is 0 Å². The molecule has 7 nitrogen and oxygen atoms in total. The van der Waals surface area contributed by atoms with Gasteiger partial charge in [0.15, 0.2) is 0 Å². The summed E-state index contributed by atoms with van der Waals surface area (Å²) < 4.78 is 5.01. The number of unbranched alkanes of at least 4 members (excludes halogenated alkanes) is 3. The molecule has 1 amide bonds. The van der Waals surface area contributed by atoms with Crippen molar-refractivity contribution in [3.05, 3.63) is 10.1 Å². The number of hydrogen-bond acceptors (Lipinski definition) is 5. The standard InChI is InChI=1S/C14H26N2O5/c1-12(2)7-5-3-4-6-9-15-13(11-20-14(15)17)8-10-21-16(18)19/h12-13H,3-11H2,1-2H3. The highest BCUT2D eigenvalue weighted by atomic mass is 16.9. The number of hydrogen-bond donors (Lipinski definition) is 0. The van der Waals surface area contributed by atoms with E-state index < -0.39 is 5.09 Å². The van der Waals surface area contributed by atoms with Gasteiger partial charge in [0, 0.05) is 6.54 Å². The van der Waals surface area contributed by atoms with Gasteiger partial charge in [0.25, 0.3) is 5.09 Å². The Labute approximate surface area is 125 Å². The zero-order chi connectivity index (χ0) is 15.7. The molecular formula is C14H26N2O5. The third-order valence-corrected chi connectivity index (χ3v) is 3.65. The summed E-state index contributed by atoms with van der Waals surface area (Å²) >= 11 is 0. The lowest BCUT2D eigenvalue weighted by molar-refractivity contribution is -0.757. The van der Waals surface area contributed by atoms with Crippen molar-refractivity contribution in [1.29, 1.82) is 0 Å². The summed E-state index contributed by atoms with van der Waals surface area (Å²) in [7, 11) is 0. The Morgan fingerprint density at radius 2 is 2.10 bits per heavy atom. The van der Waals surface area contributed by atoms with E-state index in [0.717, 1.165) is 18.8 Å². The van der Waals surface area contributed by atoms with E-state index in [9.17, 15) is 14.9 Å². The molecule has 1 rings (SSSR count). The Hall–Kier alpha value is -1.53. The Bertz CT molecular complexity index is 335. The maximum Gasteiger partial charge on any atom is 0.410 e. The largest absolute Gasteiger partial charge is 0.447 e. The van der Waals surface area contributed by atoms with Crippen LogP contribution in [0.4, 0.5) is 4.79 Å². The second-order valence-corrected chi connectivity index (χ2v) is 5.87. The predicted octanol–water partition coefficient (Wildman–Crippen LogP) is 3.01. The van der Waals surface area contributed by atoms with Crippen molar-refractivity contribution in [2.75, 3.05) is 19.8 Å². The van der Waals surface area contributed by atoms with Gasteiger partial charge in [-0.1, -0.05) is 39.5 Å². The molecule has 1 heterocycles. The fraction of sp³-hybridized carbons (Fsp3) is 0.929. The SMILES string of the molecule is CC(C)CCCCCCN1C(=O)OCC1CCO[N+](=O)[O-]. The fourth-order valence-electron chi connectivity index (χ4n) is 2.45. The molecule has 0 spiro atoms. The molecule has 0 N–H and O–H groups in total. The second-order valence-electron chi connectivity index (χ2n) is 5.87. The van der Waals surface area contributed by atoms with Gasteiger partial charge in [0.05, 0.1) is 12.6 Å². The zero-order valence-electron chi connectivity index (χ0n) is 13.0. The van der Waals surface area contributed by atoms with Crippen LogP contribution in [0.15, 0.2) is 0 Å². The van der Waals surface area contributed by atoms with E-state index in [-0.39, 0.29) is 18.7 Å². The minimum absolute atomic E-state index is 0.000799. The van der Waals surface area contributed by atoms with Crippen LogP contribution in [-0.2, 0) is 9.57 Å². The Morgan fingerprint density at radius 1 is 1.38 bits per heavy atom. The number of amides is 1. The molecule has 0 aromatic carbocycles. The summed E-state index contributed by atoms with van der Waals surface area (Å²) in [5.74, 6) is 0.740. The monoisotopic (exact) mass is 302 g/mol. The van der Waals surface area contributed by atoms with Gasteiger partial charge in [-0.3, -0.25) is 0 Å². The third kappa shape index (κ3) is 7.15. The first kappa shape index (κ1) is 17.5. The van der Waals surface area contributed by atoms with Crippen molar-refractivity contribution in [2.45, 2.75) is 58.4 Å².